The van der Waals surface area contributed by atoms with Crippen LogP contribution in [0.1, 0.15) is 48.8 Å². The molecule has 0 aliphatic heterocycles. The molecule has 0 spiro atoms. The summed E-state index contributed by atoms with van der Waals surface area (Å²) in [6, 6.07) is 26.5. The van der Waals surface area contributed by atoms with E-state index in [9.17, 15) is 18.0 Å². The van der Waals surface area contributed by atoms with Crippen LogP contribution >= 0.6 is 34.8 Å². The third-order valence-corrected chi connectivity index (χ3v) is 11.4. The number of carbonyl (C=O) groups is 2. The van der Waals surface area contributed by atoms with Crippen LogP contribution < -0.4 is 9.62 Å². The molecule has 0 heterocycles. The number of anilines is 1. The molecular formula is C37H38Cl3N3O4S. The van der Waals surface area contributed by atoms with Crippen LogP contribution in [0.25, 0.3) is 0 Å². The van der Waals surface area contributed by atoms with Gasteiger partial charge in [0.15, 0.2) is 0 Å². The Morgan fingerprint density at radius 2 is 1.48 bits per heavy atom. The second-order valence-electron chi connectivity index (χ2n) is 12.1. The largest absolute Gasteiger partial charge is 0.352 e. The van der Waals surface area contributed by atoms with E-state index in [4.69, 9.17) is 34.8 Å². The summed E-state index contributed by atoms with van der Waals surface area (Å²) in [4.78, 5) is 30.4. The maximum absolute atomic E-state index is 14.7. The van der Waals surface area contributed by atoms with E-state index >= 15 is 0 Å². The zero-order chi connectivity index (χ0) is 34.3. The number of nitrogens with one attached hydrogen (secondary N) is 1. The molecule has 4 aromatic carbocycles. The molecule has 0 radical (unpaired) electrons. The lowest BCUT2D eigenvalue weighted by Gasteiger charge is -2.35. The van der Waals surface area contributed by atoms with Gasteiger partial charge < -0.3 is 10.2 Å². The van der Waals surface area contributed by atoms with Crippen molar-refractivity contribution in [2.45, 2.75) is 69.0 Å². The number of nitrogens with zero attached hydrogens (tertiary/aromatic N) is 2. The summed E-state index contributed by atoms with van der Waals surface area (Å²) in [6.45, 7) is 1.25. The molecule has 0 saturated heterocycles. The van der Waals surface area contributed by atoms with Crippen molar-refractivity contribution < 1.29 is 18.0 Å². The topological polar surface area (TPSA) is 86.8 Å². The number of amides is 2. The highest BCUT2D eigenvalue weighted by atomic mass is 35.5. The van der Waals surface area contributed by atoms with Gasteiger partial charge in [-0.2, -0.15) is 0 Å². The maximum Gasteiger partial charge on any atom is 0.264 e. The molecule has 1 N–H and O–H groups in total. The molecule has 1 aliphatic rings. The van der Waals surface area contributed by atoms with E-state index < -0.39 is 28.5 Å². The van der Waals surface area contributed by atoms with Crippen molar-refractivity contribution in [1.82, 2.24) is 10.2 Å². The van der Waals surface area contributed by atoms with Gasteiger partial charge in [0.05, 0.1) is 20.6 Å². The van der Waals surface area contributed by atoms with E-state index in [1.165, 1.54) is 23.1 Å². The van der Waals surface area contributed by atoms with Crippen molar-refractivity contribution >= 4 is 62.3 Å². The molecule has 0 aromatic heterocycles. The Labute approximate surface area is 297 Å². The Kier molecular flexibility index (Phi) is 12.1. The van der Waals surface area contributed by atoms with Crippen LogP contribution in [0.3, 0.4) is 0 Å². The SMILES string of the molecule is Cc1ccc(S(=O)(=O)N(CC(=O)N(Cc2ccc(Cl)cc2)[C@@H](Cc2ccccc2)C(=O)NC2CCCCC2)c2cccc(Cl)c2Cl)cc1. The third-order valence-electron chi connectivity index (χ3n) is 8.58. The first-order valence-electron chi connectivity index (χ1n) is 15.9. The number of carbonyl (C=O) groups excluding carboxylic acids is 2. The van der Waals surface area contributed by atoms with E-state index in [1.54, 1.807) is 48.5 Å². The summed E-state index contributed by atoms with van der Waals surface area (Å²) in [5, 5.41) is 3.86. The number of halogens is 3. The van der Waals surface area contributed by atoms with Crippen LogP contribution in [-0.2, 0) is 32.6 Å². The van der Waals surface area contributed by atoms with Gasteiger partial charge in [-0.05, 0) is 67.3 Å². The average Bonchev–Trinajstić information content (AvgIpc) is 3.08. The molecule has 4 aromatic rings. The van der Waals surface area contributed by atoms with Gasteiger partial charge in [0.1, 0.15) is 12.6 Å². The molecule has 2 amide bonds. The van der Waals surface area contributed by atoms with E-state index in [-0.39, 0.29) is 45.5 Å². The number of hydrogen-bond donors (Lipinski definition) is 1. The summed E-state index contributed by atoms with van der Waals surface area (Å²) in [7, 11) is -4.32. The molecule has 1 aliphatic carbocycles. The summed E-state index contributed by atoms with van der Waals surface area (Å²) in [5.41, 5.74) is 2.51. The average molecular weight is 727 g/mol. The molecule has 1 fully saturated rings. The second-order valence-corrected chi connectivity index (χ2v) is 15.2. The normalized spacial score (nSPS) is 14.2. The smallest absolute Gasteiger partial charge is 0.264 e. The van der Waals surface area contributed by atoms with Crippen molar-refractivity contribution in [2.75, 3.05) is 10.8 Å². The van der Waals surface area contributed by atoms with Crippen molar-refractivity contribution in [3.63, 3.8) is 0 Å². The van der Waals surface area contributed by atoms with Crippen LogP contribution in [0.2, 0.25) is 15.1 Å². The van der Waals surface area contributed by atoms with Gasteiger partial charge in [0.2, 0.25) is 11.8 Å². The van der Waals surface area contributed by atoms with Crippen LogP contribution in [0.15, 0.2) is 102 Å². The van der Waals surface area contributed by atoms with E-state index in [0.717, 1.165) is 53.1 Å². The van der Waals surface area contributed by atoms with Crippen LogP contribution in [0.4, 0.5) is 5.69 Å². The first-order valence-corrected chi connectivity index (χ1v) is 18.5. The van der Waals surface area contributed by atoms with E-state index in [1.807, 2.05) is 37.3 Å². The summed E-state index contributed by atoms with van der Waals surface area (Å²) in [5.74, 6) is -0.877. The lowest BCUT2D eigenvalue weighted by Crippen LogP contribution is -2.55. The molecule has 0 unspecified atom stereocenters. The monoisotopic (exact) mass is 725 g/mol. The highest BCUT2D eigenvalue weighted by Gasteiger charge is 2.36. The number of hydrogen-bond acceptors (Lipinski definition) is 4. The molecule has 7 nitrogen and oxygen atoms in total. The lowest BCUT2D eigenvalue weighted by molar-refractivity contribution is -0.140. The number of benzene rings is 4. The van der Waals surface area contributed by atoms with Gasteiger partial charge in [0.25, 0.3) is 10.0 Å². The molecule has 0 bridgehead atoms. The van der Waals surface area contributed by atoms with E-state index in [0.29, 0.717) is 5.02 Å². The van der Waals surface area contributed by atoms with Crippen molar-refractivity contribution in [3.8, 4) is 0 Å². The fourth-order valence-electron chi connectivity index (χ4n) is 5.92. The Bertz CT molecular complexity index is 1820. The third kappa shape index (κ3) is 8.91. The minimum atomic E-state index is -4.32. The number of aryl methyl sites for hydroxylation is 1. The fourth-order valence-corrected chi connectivity index (χ4v) is 7.92. The Balaban J connectivity index is 1.58. The zero-order valence-corrected chi connectivity index (χ0v) is 29.7. The molecule has 5 rings (SSSR count). The summed E-state index contributed by atoms with van der Waals surface area (Å²) in [6.07, 6.45) is 5.12. The van der Waals surface area contributed by atoms with Gasteiger partial charge in [-0.25, -0.2) is 8.42 Å². The summed E-state index contributed by atoms with van der Waals surface area (Å²) < 4.78 is 29.5. The van der Waals surface area contributed by atoms with Crippen molar-refractivity contribution in [3.05, 3.63) is 129 Å². The molecule has 48 heavy (non-hydrogen) atoms. The first-order chi connectivity index (χ1) is 23.0. The molecule has 1 atom stereocenters. The first kappa shape index (κ1) is 35.7. The molecule has 252 valence electrons. The van der Waals surface area contributed by atoms with E-state index in [2.05, 4.69) is 5.32 Å². The van der Waals surface area contributed by atoms with Crippen molar-refractivity contribution in [1.29, 1.82) is 0 Å². The maximum atomic E-state index is 14.7. The minimum absolute atomic E-state index is 0.000637. The molecule has 11 heteroatoms. The Morgan fingerprint density at radius 1 is 0.812 bits per heavy atom. The second kappa shape index (κ2) is 16.2. The van der Waals surface area contributed by atoms with Crippen LogP contribution in [-0.4, -0.2) is 43.8 Å². The number of sulfonamides is 1. The Hall–Kier alpha value is -3.56. The van der Waals surface area contributed by atoms with Gasteiger partial charge in [0, 0.05) is 24.0 Å². The van der Waals surface area contributed by atoms with Gasteiger partial charge >= 0.3 is 0 Å². The quantitative estimate of drug-likeness (QED) is 0.159. The van der Waals surface area contributed by atoms with Crippen molar-refractivity contribution in [2.24, 2.45) is 0 Å². The van der Waals surface area contributed by atoms with Gasteiger partial charge in [-0.15, -0.1) is 0 Å². The standard InChI is InChI=1S/C37H38Cl3N3O4S/c1-26-15-21-31(22-16-26)48(46,47)43(33-14-8-13-32(39)36(33)40)25-35(44)42(24-28-17-19-29(38)20-18-28)34(23-27-9-4-2-5-10-27)37(45)41-30-11-6-3-7-12-30/h2,4-5,8-10,13-22,30,34H,3,6-7,11-12,23-25H2,1H3,(H,41,45)/t34-/m0/s1. The molecular weight excluding hydrogens is 689 g/mol. The van der Waals surface area contributed by atoms with Crippen LogP contribution in [0.5, 0.6) is 0 Å². The number of rotatable bonds is 12. The molecule has 1 saturated carbocycles. The predicted octanol–water partition coefficient (Wildman–Crippen LogP) is 8.24. The van der Waals surface area contributed by atoms with Crippen LogP contribution in [0, 0.1) is 6.92 Å². The minimum Gasteiger partial charge on any atom is -0.352 e. The van der Waals surface area contributed by atoms with Gasteiger partial charge in [-0.1, -0.05) is 120 Å². The summed E-state index contributed by atoms with van der Waals surface area (Å²) >= 11 is 19.1. The highest BCUT2D eigenvalue weighted by molar-refractivity contribution is 7.92. The highest BCUT2D eigenvalue weighted by Crippen LogP contribution is 2.36. The Morgan fingerprint density at radius 3 is 2.15 bits per heavy atom. The predicted molar refractivity (Wildman–Crippen MR) is 193 cm³/mol. The van der Waals surface area contributed by atoms with Gasteiger partial charge in [-0.3, -0.25) is 13.9 Å². The lowest BCUT2D eigenvalue weighted by atomic mass is 9.94. The fraction of sp³-hybridized carbons (Fsp3) is 0.297. The zero-order valence-electron chi connectivity index (χ0n) is 26.6.